The van der Waals surface area contributed by atoms with E-state index in [1.54, 1.807) is 13.0 Å². The zero-order valence-electron chi connectivity index (χ0n) is 10.0. The van der Waals surface area contributed by atoms with E-state index >= 15 is 0 Å². The Bertz CT molecular complexity index is 409. The summed E-state index contributed by atoms with van der Waals surface area (Å²) >= 11 is 0. The molecule has 1 fully saturated rings. The van der Waals surface area contributed by atoms with E-state index in [0.717, 1.165) is 24.9 Å². The molecule has 1 aliphatic carbocycles. The first-order chi connectivity index (χ1) is 8.08. The van der Waals surface area contributed by atoms with E-state index < -0.39 is 0 Å². The van der Waals surface area contributed by atoms with Gasteiger partial charge in [0.15, 0.2) is 0 Å². The maximum absolute atomic E-state index is 13.2. The van der Waals surface area contributed by atoms with Gasteiger partial charge < -0.3 is 16.2 Å². The minimum absolute atomic E-state index is 0.217. The summed E-state index contributed by atoms with van der Waals surface area (Å²) in [5, 5.41) is 12.9. The summed E-state index contributed by atoms with van der Waals surface area (Å²) in [7, 11) is 0. The molecule has 94 valence electrons. The Morgan fingerprint density at radius 2 is 2.24 bits per heavy atom. The van der Waals surface area contributed by atoms with Crippen LogP contribution in [0.3, 0.4) is 0 Å². The number of rotatable bonds is 3. The summed E-state index contributed by atoms with van der Waals surface area (Å²) in [6.45, 7) is 2.40. The van der Waals surface area contributed by atoms with Crippen molar-refractivity contribution in [3.8, 4) is 0 Å². The molecular formula is C13H19FN2O. The van der Waals surface area contributed by atoms with Crippen LogP contribution in [0.25, 0.3) is 0 Å². The summed E-state index contributed by atoms with van der Waals surface area (Å²) in [5.74, 6) is -0.00582. The van der Waals surface area contributed by atoms with Crippen molar-refractivity contribution in [3.05, 3.63) is 23.5 Å². The van der Waals surface area contributed by atoms with Gasteiger partial charge in [-0.1, -0.05) is 6.42 Å². The highest BCUT2D eigenvalue weighted by Crippen LogP contribution is 2.27. The molecule has 4 N–H and O–H groups in total. The molecule has 0 bridgehead atoms. The van der Waals surface area contributed by atoms with Crippen LogP contribution >= 0.6 is 0 Å². The van der Waals surface area contributed by atoms with Crippen LogP contribution in [0.5, 0.6) is 0 Å². The summed E-state index contributed by atoms with van der Waals surface area (Å²) in [5.41, 5.74) is 7.49. The van der Waals surface area contributed by atoms with Gasteiger partial charge in [-0.15, -0.1) is 0 Å². The van der Waals surface area contributed by atoms with Crippen molar-refractivity contribution in [2.24, 2.45) is 5.92 Å². The second-order valence-corrected chi connectivity index (χ2v) is 4.83. The summed E-state index contributed by atoms with van der Waals surface area (Å²) in [6.07, 6.45) is 2.77. The van der Waals surface area contributed by atoms with Crippen LogP contribution in [0.2, 0.25) is 0 Å². The Kier molecular flexibility index (Phi) is 3.52. The van der Waals surface area contributed by atoms with Crippen LogP contribution in [0.1, 0.15) is 24.8 Å². The molecule has 2 unspecified atom stereocenters. The van der Waals surface area contributed by atoms with Crippen LogP contribution in [-0.4, -0.2) is 17.8 Å². The zero-order chi connectivity index (χ0) is 12.4. The molecule has 0 amide bonds. The monoisotopic (exact) mass is 238 g/mol. The van der Waals surface area contributed by atoms with Crippen LogP contribution < -0.4 is 11.1 Å². The topological polar surface area (TPSA) is 58.3 Å². The molecule has 3 nitrogen and oxygen atoms in total. The molecule has 1 saturated carbocycles. The van der Waals surface area contributed by atoms with Gasteiger partial charge in [-0.25, -0.2) is 4.39 Å². The molecule has 4 heteroatoms. The molecule has 17 heavy (non-hydrogen) atoms. The third-order valence-corrected chi connectivity index (χ3v) is 3.50. The molecule has 0 spiro atoms. The van der Waals surface area contributed by atoms with Gasteiger partial charge in [-0.2, -0.15) is 0 Å². The number of aliphatic hydroxyl groups excluding tert-OH is 1. The third-order valence-electron chi connectivity index (χ3n) is 3.50. The largest absolute Gasteiger partial charge is 0.397 e. The molecule has 0 aliphatic heterocycles. The van der Waals surface area contributed by atoms with Crippen LogP contribution in [0.15, 0.2) is 12.1 Å². The fourth-order valence-electron chi connectivity index (χ4n) is 2.35. The van der Waals surface area contributed by atoms with Gasteiger partial charge in [0.25, 0.3) is 0 Å². The van der Waals surface area contributed by atoms with Gasteiger partial charge in [-0.3, -0.25) is 0 Å². The lowest BCUT2D eigenvalue weighted by Crippen LogP contribution is -2.22. The number of halogens is 1. The van der Waals surface area contributed by atoms with Gasteiger partial charge >= 0.3 is 0 Å². The fraction of sp³-hybridized carbons (Fsp3) is 0.538. The molecule has 1 aromatic carbocycles. The maximum Gasteiger partial charge on any atom is 0.128 e. The minimum Gasteiger partial charge on any atom is -0.397 e. The molecule has 0 heterocycles. The number of nitrogens with two attached hydrogens (primary N) is 1. The maximum atomic E-state index is 13.2. The first-order valence-corrected chi connectivity index (χ1v) is 6.05. The van der Waals surface area contributed by atoms with Crippen molar-refractivity contribution in [3.63, 3.8) is 0 Å². The Balaban J connectivity index is 2.01. The lowest BCUT2D eigenvalue weighted by molar-refractivity contribution is 0.138. The average molecular weight is 238 g/mol. The van der Waals surface area contributed by atoms with Crippen molar-refractivity contribution in [1.29, 1.82) is 0 Å². The minimum atomic E-state index is -0.283. The smallest absolute Gasteiger partial charge is 0.128 e. The number of hydrogen-bond acceptors (Lipinski definition) is 3. The van der Waals surface area contributed by atoms with Crippen molar-refractivity contribution in [1.82, 2.24) is 0 Å². The number of anilines is 2. The first-order valence-electron chi connectivity index (χ1n) is 6.05. The Morgan fingerprint density at radius 1 is 1.47 bits per heavy atom. The molecular weight excluding hydrogens is 219 g/mol. The highest BCUT2D eigenvalue weighted by Gasteiger charge is 2.24. The average Bonchev–Trinajstić information content (AvgIpc) is 2.68. The molecule has 0 saturated heterocycles. The fourth-order valence-corrected chi connectivity index (χ4v) is 2.35. The predicted molar refractivity (Wildman–Crippen MR) is 67.4 cm³/mol. The van der Waals surface area contributed by atoms with Crippen LogP contribution in [0.4, 0.5) is 15.8 Å². The number of aliphatic hydroxyl groups is 1. The van der Waals surface area contributed by atoms with E-state index in [2.05, 4.69) is 5.32 Å². The summed E-state index contributed by atoms with van der Waals surface area (Å²) < 4.78 is 13.2. The normalized spacial score (nSPS) is 23.9. The van der Waals surface area contributed by atoms with Gasteiger partial charge in [0.1, 0.15) is 5.82 Å². The van der Waals surface area contributed by atoms with Crippen molar-refractivity contribution in [2.45, 2.75) is 32.3 Å². The highest BCUT2D eigenvalue weighted by molar-refractivity contribution is 5.67. The lowest BCUT2D eigenvalue weighted by Gasteiger charge is -2.17. The second kappa shape index (κ2) is 4.92. The third kappa shape index (κ3) is 2.69. The Hall–Kier alpha value is -1.29. The van der Waals surface area contributed by atoms with Gasteiger partial charge in [0.2, 0.25) is 0 Å². The van der Waals surface area contributed by atoms with E-state index in [-0.39, 0.29) is 17.8 Å². The quantitative estimate of drug-likeness (QED) is 0.708. The molecule has 0 radical (unpaired) electrons. The lowest BCUT2D eigenvalue weighted by atomic mass is 10.1. The summed E-state index contributed by atoms with van der Waals surface area (Å²) in [6, 6.07) is 3.05. The number of aryl methyl sites for hydroxylation is 1. The van der Waals surface area contributed by atoms with E-state index in [0.29, 0.717) is 17.8 Å². The van der Waals surface area contributed by atoms with Gasteiger partial charge in [0, 0.05) is 12.5 Å². The highest BCUT2D eigenvalue weighted by atomic mass is 19.1. The Morgan fingerprint density at radius 3 is 2.88 bits per heavy atom. The number of nitrogen functional groups attached to an aromatic ring is 1. The molecule has 0 aromatic heterocycles. The van der Waals surface area contributed by atoms with Gasteiger partial charge in [-0.05, 0) is 37.5 Å². The predicted octanol–water partition coefficient (Wildman–Crippen LogP) is 2.29. The number of hydrogen-bond donors (Lipinski definition) is 3. The van der Waals surface area contributed by atoms with E-state index in [4.69, 9.17) is 5.73 Å². The molecule has 2 rings (SSSR count). The van der Waals surface area contributed by atoms with E-state index in [1.165, 1.54) is 6.07 Å². The molecule has 1 aromatic rings. The van der Waals surface area contributed by atoms with Crippen molar-refractivity contribution in [2.75, 3.05) is 17.6 Å². The molecule has 2 atom stereocenters. The second-order valence-electron chi connectivity index (χ2n) is 4.83. The molecule has 1 aliphatic rings. The van der Waals surface area contributed by atoms with Crippen molar-refractivity contribution >= 4 is 11.4 Å². The SMILES string of the molecule is Cc1cc(NCC2CCCC2O)c(N)cc1F. The summed E-state index contributed by atoms with van der Waals surface area (Å²) in [4.78, 5) is 0. The van der Waals surface area contributed by atoms with Gasteiger partial charge in [0.05, 0.1) is 17.5 Å². The Labute approximate surface area is 101 Å². The number of nitrogens with one attached hydrogen (secondary N) is 1. The van der Waals surface area contributed by atoms with E-state index in [1.807, 2.05) is 0 Å². The van der Waals surface area contributed by atoms with Crippen molar-refractivity contribution < 1.29 is 9.50 Å². The standard InChI is InChI=1S/C13H19FN2O/c1-8-5-12(11(15)6-10(8)14)16-7-9-3-2-4-13(9)17/h5-6,9,13,16-17H,2-4,7,15H2,1H3. The van der Waals surface area contributed by atoms with Crippen LogP contribution in [-0.2, 0) is 0 Å². The van der Waals surface area contributed by atoms with E-state index in [9.17, 15) is 9.50 Å². The van der Waals surface area contributed by atoms with Crippen LogP contribution in [0, 0.1) is 18.7 Å². The zero-order valence-corrected chi connectivity index (χ0v) is 10.0. The first kappa shape index (κ1) is 12.2. The number of benzene rings is 1.